The second-order valence-corrected chi connectivity index (χ2v) is 8.13. The lowest BCUT2D eigenvalue weighted by molar-refractivity contribution is -0.189. The lowest BCUT2D eigenvalue weighted by Gasteiger charge is -2.44. The second kappa shape index (κ2) is 6.13. The number of hydrogen-bond donors (Lipinski definition) is 1. The van der Waals surface area contributed by atoms with E-state index in [1.807, 2.05) is 31.2 Å². The van der Waals surface area contributed by atoms with Gasteiger partial charge in [0.25, 0.3) is 0 Å². The Kier molecular flexibility index (Phi) is 3.87. The molecular formula is C23H16BrF3N2. The van der Waals surface area contributed by atoms with Crippen LogP contribution in [0.3, 0.4) is 0 Å². The fraction of sp³-hybridized carbons (Fsp3) is 0.130. The minimum atomic E-state index is -4.60. The summed E-state index contributed by atoms with van der Waals surface area (Å²) in [5, 5.41) is 3.69. The SMILES string of the molecule is Cc1c2n(c3ccccc13)C(c1ccccc1)(C(F)(F)F)Nc1cc(Br)ccc1-2. The summed E-state index contributed by atoms with van der Waals surface area (Å²) in [6, 6.07) is 20.7. The summed E-state index contributed by atoms with van der Waals surface area (Å²) in [4.78, 5) is 0. The highest BCUT2D eigenvalue weighted by Crippen LogP contribution is 2.53. The molecule has 3 aromatic carbocycles. The molecule has 1 aliphatic heterocycles. The average Bonchev–Trinajstić information content (AvgIpc) is 3.00. The Hall–Kier alpha value is -2.73. The number of para-hydroxylation sites is 1. The van der Waals surface area contributed by atoms with Crippen LogP contribution in [-0.4, -0.2) is 10.7 Å². The van der Waals surface area contributed by atoms with Gasteiger partial charge in [-0.25, -0.2) is 0 Å². The van der Waals surface area contributed by atoms with Crippen molar-refractivity contribution in [3.05, 3.63) is 88.4 Å². The maximum atomic E-state index is 15.0. The molecule has 1 N–H and O–H groups in total. The highest BCUT2D eigenvalue weighted by atomic mass is 79.9. The molecule has 0 bridgehead atoms. The van der Waals surface area contributed by atoms with E-state index in [4.69, 9.17) is 0 Å². The van der Waals surface area contributed by atoms with Crippen LogP contribution >= 0.6 is 15.9 Å². The molecule has 1 atom stereocenters. The number of halogens is 4. The zero-order chi connectivity index (χ0) is 20.4. The first kappa shape index (κ1) is 18.3. The van der Waals surface area contributed by atoms with Gasteiger partial charge in [-0.3, -0.25) is 0 Å². The van der Waals surface area contributed by atoms with Crippen LogP contribution < -0.4 is 5.32 Å². The Bertz CT molecular complexity index is 1240. The highest BCUT2D eigenvalue weighted by molar-refractivity contribution is 9.10. The van der Waals surface area contributed by atoms with Crippen LogP contribution in [0, 0.1) is 6.92 Å². The smallest absolute Gasteiger partial charge is 0.351 e. The Labute approximate surface area is 174 Å². The van der Waals surface area contributed by atoms with Gasteiger partial charge in [0.1, 0.15) is 0 Å². The molecule has 0 aliphatic carbocycles. The third-order valence-corrected chi connectivity index (χ3v) is 6.11. The summed E-state index contributed by atoms with van der Waals surface area (Å²) in [6.45, 7) is 1.89. The molecule has 1 aromatic heterocycles. The number of hydrogen-bond acceptors (Lipinski definition) is 1. The van der Waals surface area contributed by atoms with Crippen molar-refractivity contribution in [1.29, 1.82) is 0 Å². The number of aromatic nitrogens is 1. The number of nitrogens with zero attached hydrogens (tertiary/aromatic N) is 1. The third kappa shape index (κ3) is 2.42. The molecule has 0 spiro atoms. The van der Waals surface area contributed by atoms with Crippen LogP contribution in [0.5, 0.6) is 0 Å². The number of aryl methyl sites for hydroxylation is 1. The van der Waals surface area contributed by atoms with Crippen molar-refractivity contribution >= 4 is 32.5 Å². The van der Waals surface area contributed by atoms with Crippen molar-refractivity contribution in [2.75, 3.05) is 5.32 Å². The van der Waals surface area contributed by atoms with Crippen molar-refractivity contribution in [3.63, 3.8) is 0 Å². The van der Waals surface area contributed by atoms with Crippen LogP contribution in [0.2, 0.25) is 0 Å². The molecule has 4 aromatic rings. The molecule has 0 radical (unpaired) electrons. The molecule has 2 nitrogen and oxygen atoms in total. The van der Waals surface area contributed by atoms with Gasteiger partial charge in [-0.05, 0) is 36.8 Å². The largest absolute Gasteiger partial charge is 0.435 e. The first-order valence-electron chi connectivity index (χ1n) is 9.15. The number of nitrogens with one attached hydrogen (secondary N) is 1. The number of alkyl halides is 3. The van der Waals surface area contributed by atoms with E-state index in [2.05, 4.69) is 21.2 Å². The molecule has 0 saturated heterocycles. The van der Waals surface area contributed by atoms with E-state index >= 15 is 0 Å². The standard InChI is InChI=1S/C23H16BrF3N2/c1-14-17-9-5-6-10-20(17)29-21(14)18-12-11-16(24)13-19(18)28-22(29,23(25,26)27)15-7-3-2-4-8-15/h2-13,28H,1H3. The van der Waals surface area contributed by atoms with Gasteiger partial charge in [0.05, 0.1) is 11.2 Å². The van der Waals surface area contributed by atoms with E-state index in [9.17, 15) is 13.2 Å². The molecule has 1 aliphatic rings. The molecule has 146 valence electrons. The Morgan fingerprint density at radius 3 is 2.34 bits per heavy atom. The van der Waals surface area contributed by atoms with Crippen molar-refractivity contribution < 1.29 is 13.2 Å². The molecule has 29 heavy (non-hydrogen) atoms. The lowest BCUT2D eigenvalue weighted by Crippen LogP contribution is -2.56. The van der Waals surface area contributed by atoms with Gasteiger partial charge in [0.2, 0.25) is 5.66 Å². The molecule has 5 rings (SSSR count). The summed E-state index contributed by atoms with van der Waals surface area (Å²) in [5.74, 6) is 0. The van der Waals surface area contributed by atoms with E-state index in [1.54, 1.807) is 36.4 Å². The minimum Gasteiger partial charge on any atom is -0.351 e. The topological polar surface area (TPSA) is 17.0 Å². The van der Waals surface area contributed by atoms with Crippen LogP contribution in [0.4, 0.5) is 18.9 Å². The van der Waals surface area contributed by atoms with Crippen molar-refractivity contribution in [1.82, 2.24) is 4.57 Å². The number of benzene rings is 3. The fourth-order valence-corrected chi connectivity index (χ4v) is 4.75. The van der Waals surface area contributed by atoms with Gasteiger partial charge >= 0.3 is 6.18 Å². The van der Waals surface area contributed by atoms with Crippen molar-refractivity contribution in [2.45, 2.75) is 18.8 Å². The van der Waals surface area contributed by atoms with E-state index in [0.29, 0.717) is 16.9 Å². The number of fused-ring (bicyclic) bond motifs is 5. The Balaban J connectivity index is 2.01. The zero-order valence-electron chi connectivity index (χ0n) is 15.4. The van der Waals surface area contributed by atoms with Gasteiger partial charge in [-0.15, -0.1) is 0 Å². The van der Waals surface area contributed by atoms with Crippen LogP contribution in [-0.2, 0) is 5.66 Å². The molecule has 0 fully saturated rings. The molecule has 6 heteroatoms. The highest BCUT2D eigenvalue weighted by Gasteiger charge is 2.61. The maximum Gasteiger partial charge on any atom is 0.435 e. The normalized spacial score (nSPS) is 18.2. The van der Waals surface area contributed by atoms with Crippen molar-refractivity contribution in [3.8, 4) is 11.3 Å². The molecule has 0 saturated carbocycles. The van der Waals surface area contributed by atoms with Crippen LogP contribution in [0.15, 0.2) is 77.3 Å². The Morgan fingerprint density at radius 2 is 1.62 bits per heavy atom. The maximum absolute atomic E-state index is 15.0. The predicted molar refractivity (Wildman–Crippen MR) is 113 cm³/mol. The van der Waals surface area contributed by atoms with Gasteiger partial charge < -0.3 is 9.88 Å². The quantitative estimate of drug-likeness (QED) is 0.324. The monoisotopic (exact) mass is 456 g/mol. The van der Waals surface area contributed by atoms with E-state index in [-0.39, 0.29) is 5.56 Å². The van der Waals surface area contributed by atoms with Crippen LogP contribution in [0.1, 0.15) is 11.1 Å². The van der Waals surface area contributed by atoms with Gasteiger partial charge in [-0.2, -0.15) is 13.2 Å². The second-order valence-electron chi connectivity index (χ2n) is 7.22. The summed E-state index contributed by atoms with van der Waals surface area (Å²) in [7, 11) is 0. The molecule has 2 heterocycles. The van der Waals surface area contributed by atoms with Gasteiger partial charge in [0, 0.05) is 26.7 Å². The molecular weight excluding hydrogens is 441 g/mol. The summed E-state index contributed by atoms with van der Waals surface area (Å²) < 4.78 is 47.1. The number of anilines is 1. The summed E-state index contributed by atoms with van der Waals surface area (Å²) in [6.07, 6.45) is -4.60. The predicted octanol–water partition coefficient (Wildman–Crippen LogP) is 7.07. The third-order valence-electron chi connectivity index (χ3n) is 5.62. The van der Waals surface area contributed by atoms with Crippen molar-refractivity contribution in [2.24, 2.45) is 0 Å². The Morgan fingerprint density at radius 1 is 0.931 bits per heavy atom. The number of rotatable bonds is 1. The average molecular weight is 457 g/mol. The van der Waals surface area contributed by atoms with Crippen LogP contribution in [0.25, 0.3) is 22.2 Å². The van der Waals surface area contributed by atoms with E-state index in [0.717, 1.165) is 21.0 Å². The van der Waals surface area contributed by atoms with Gasteiger partial charge in [0.15, 0.2) is 0 Å². The first-order chi connectivity index (χ1) is 13.8. The molecule has 0 amide bonds. The zero-order valence-corrected chi connectivity index (χ0v) is 17.0. The minimum absolute atomic E-state index is 0.139. The van der Waals surface area contributed by atoms with E-state index in [1.165, 1.54) is 16.7 Å². The van der Waals surface area contributed by atoms with Gasteiger partial charge in [-0.1, -0.05) is 64.5 Å². The lowest BCUT2D eigenvalue weighted by atomic mass is 9.92. The summed E-state index contributed by atoms with van der Waals surface area (Å²) >= 11 is 3.40. The fourth-order valence-electron chi connectivity index (χ4n) is 4.39. The summed E-state index contributed by atoms with van der Waals surface area (Å²) in [5.41, 5.74) is 0.855. The first-order valence-corrected chi connectivity index (χ1v) is 9.95. The molecule has 1 unspecified atom stereocenters. The van der Waals surface area contributed by atoms with E-state index < -0.39 is 11.8 Å².